The topological polar surface area (TPSA) is 84.5 Å². The molecule has 2 N–H and O–H groups in total. The Morgan fingerprint density at radius 2 is 1.64 bits per heavy atom. The van der Waals surface area contributed by atoms with Gasteiger partial charge in [-0.2, -0.15) is 0 Å². The molecule has 0 spiro atoms. The van der Waals surface area contributed by atoms with Crippen LogP contribution in [0, 0.1) is 6.92 Å². The zero-order valence-corrected chi connectivity index (χ0v) is 18.0. The van der Waals surface area contributed by atoms with Crippen molar-refractivity contribution in [3.63, 3.8) is 0 Å². The number of benzene rings is 2. The van der Waals surface area contributed by atoms with Crippen LogP contribution in [0.5, 0.6) is 5.75 Å². The second-order valence-corrected chi connectivity index (χ2v) is 9.00. The van der Waals surface area contributed by atoms with Crippen molar-refractivity contribution in [1.29, 1.82) is 0 Å². The average molecular weight is 405 g/mol. The number of rotatable bonds is 7. The molecule has 1 atom stereocenters. The quantitative estimate of drug-likeness (QED) is 0.731. The highest BCUT2D eigenvalue weighted by molar-refractivity contribution is 7.92. The summed E-state index contributed by atoms with van der Waals surface area (Å²) in [6, 6.07) is 10.2. The molecule has 0 unspecified atom stereocenters. The van der Waals surface area contributed by atoms with Crippen LogP contribution in [-0.2, 0) is 10.0 Å². The van der Waals surface area contributed by atoms with E-state index in [9.17, 15) is 13.2 Å². The Labute approximate surface area is 167 Å². The fraction of sp³-hybridized carbons (Fsp3) is 0.381. The third-order valence-electron chi connectivity index (χ3n) is 4.50. The highest BCUT2D eigenvalue weighted by Crippen LogP contribution is 2.32. The van der Waals surface area contributed by atoms with Crippen molar-refractivity contribution in [3.05, 3.63) is 58.7 Å². The van der Waals surface area contributed by atoms with E-state index < -0.39 is 10.0 Å². The Balaban J connectivity index is 2.19. The highest BCUT2D eigenvalue weighted by Gasteiger charge is 2.17. The first kappa shape index (κ1) is 21.8. The molecule has 7 heteroatoms. The van der Waals surface area contributed by atoms with Gasteiger partial charge in [0.15, 0.2) is 0 Å². The van der Waals surface area contributed by atoms with Crippen molar-refractivity contribution >= 4 is 21.6 Å². The molecule has 1 amide bonds. The number of aryl methyl sites for hydroxylation is 1. The average Bonchev–Trinajstić information content (AvgIpc) is 2.60. The molecule has 0 aliphatic carbocycles. The largest absolute Gasteiger partial charge is 0.496 e. The Morgan fingerprint density at radius 3 is 2.14 bits per heavy atom. The van der Waals surface area contributed by atoms with Crippen molar-refractivity contribution in [1.82, 2.24) is 5.32 Å². The summed E-state index contributed by atoms with van der Waals surface area (Å²) >= 11 is 0. The van der Waals surface area contributed by atoms with Crippen molar-refractivity contribution < 1.29 is 17.9 Å². The molecule has 152 valence electrons. The van der Waals surface area contributed by atoms with Crippen molar-refractivity contribution in [2.24, 2.45) is 0 Å². The number of sulfonamides is 1. The minimum atomic E-state index is -3.35. The Hall–Kier alpha value is -2.54. The molecule has 0 heterocycles. The number of anilines is 1. The van der Waals surface area contributed by atoms with Crippen LogP contribution in [0.4, 0.5) is 5.69 Å². The van der Waals surface area contributed by atoms with Gasteiger partial charge in [0, 0.05) is 11.3 Å². The van der Waals surface area contributed by atoms with E-state index in [0.29, 0.717) is 17.2 Å². The predicted molar refractivity (Wildman–Crippen MR) is 113 cm³/mol. The number of amides is 1. The maximum absolute atomic E-state index is 12.6. The maximum Gasteiger partial charge on any atom is 0.251 e. The number of methoxy groups -OCH3 is 1. The van der Waals surface area contributed by atoms with Crippen LogP contribution in [0.2, 0.25) is 0 Å². The summed E-state index contributed by atoms with van der Waals surface area (Å²) in [5.41, 5.74) is 4.05. The van der Waals surface area contributed by atoms with Crippen LogP contribution in [0.1, 0.15) is 59.8 Å². The number of hydrogen-bond acceptors (Lipinski definition) is 4. The minimum Gasteiger partial charge on any atom is -0.496 e. The van der Waals surface area contributed by atoms with Gasteiger partial charge in [-0.1, -0.05) is 13.8 Å². The smallest absolute Gasteiger partial charge is 0.251 e. The van der Waals surface area contributed by atoms with Gasteiger partial charge in [-0.15, -0.1) is 0 Å². The second kappa shape index (κ2) is 8.65. The maximum atomic E-state index is 12.6. The lowest BCUT2D eigenvalue weighted by molar-refractivity contribution is 0.0940. The Morgan fingerprint density at radius 1 is 1.04 bits per heavy atom. The van der Waals surface area contributed by atoms with Crippen molar-refractivity contribution in [2.75, 3.05) is 18.1 Å². The predicted octanol–water partition coefficient (Wildman–Crippen LogP) is 3.99. The normalized spacial score (nSPS) is 12.5. The van der Waals surface area contributed by atoms with E-state index in [1.54, 1.807) is 31.4 Å². The Bertz CT molecular complexity index is 951. The molecule has 2 aromatic rings. The number of carbonyl (C=O) groups excluding carboxylic acids is 1. The van der Waals surface area contributed by atoms with Crippen LogP contribution < -0.4 is 14.8 Å². The molecule has 6 nitrogen and oxygen atoms in total. The van der Waals surface area contributed by atoms with E-state index in [0.717, 1.165) is 28.7 Å². The first-order valence-corrected chi connectivity index (χ1v) is 11.0. The summed E-state index contributed by atoms with van der Waals surface area (Å²) in [5, 5.41) is 3.01. The summed E-state index contributed by atoms with van der Waals surface area (Å²) in [7, 11) is -1.69. The minimum absolute atomic E-state index is 0.190. The molecule has 0 saturated heterocycles. The van der Waals surface area contributed by atoms with Crippen LogP contribution in [0.3, 0.4) is 0 Å². The summed E-state index contributed by atoms with van der Waals surface area (Å²) in [4.78, 5) is 12.6. The molecule has 0 bridgehead atoms. The fourth-order valence-electron chi connectivity index (χ4n) is 3.07. The van der Waals surface area contributed by atoms with Gasteiger partial charge in [0.1, 0.15) is 5.75 Å². The molecule has 0 fully saturated rings. The zero-order valence-electron chi connectivity index (χ0n) is 17.2. The SMILES string of the molecule is COc1cc(C)c([C@H](C)NC(=O)c2ccc(NS(C)(=O)=O)cc2)cc1C(C)C. The van der Waals surface area contributed by atoms with Gasteiger partial charge in [0.2, 0.25) is 10.0 Å². The van der Waals surface area contributed by atoms with Crippen molar-refractivity contribution in [3.8, 4) is 5.75 Å². The zero-order chi connectivity index (χ0) is 21.1. The van der Waals surface area contributed by atoms with Gasteiger partial charge in [0.25, 0.3) is 5.91 Å². The molecule has 0 aliphatic rings. The molecular weight excluding hydrogens is 376 g/mol. The van der Waals surface area contributed by atoms with E-state index in [-0.39, 0.29) is 11.9 Å². The lowest BCUT2D eigenvalue weighted by Gasteiger charge is -2.21. The summed E-state index contributed by atoms with van der Waals surface area (Å²) in [5.74, 6) is 0.926. The third kappa shape index (κ3) is 5.48. The van der Waals surface area contributed by atoms with E-state index in [2.05, 4.69) is 30.0 Å². The lowest BCUT2D eigenvalue weighted by atomic mass is 9.93. The van der Waals surface area contributed by atoms with Crippen LogP contribution in [0.15, 0.2) is 36.4 Å². The molecule has 2 aromatic carbocycles. The molecule has 0 aromatic heterocycles. The molecule has 0 aliphatic heterocycles. The number of ether oxygens (including phenoxy) is 1. The van der Waals surface area contributed by atoms with Gasteiger partial charge in [-0.25, -0.2) is 8.42 Å². The van der Waals surface area contributed by atoms with E-state index in [1.807, 2.05) is 19.9 Å². The fourth-order valence-corrected chi connectivity index (χ4v) is 3.64. The lowest BCUT2D eigenvalue weighted by Crippen LogP contribution is -2.27. The molecule has 28 heavy (non-hydrogen) atoms. The first-order valence-electron chi connectivity index (χ1n) is 9.09. The van der Waals surface area contributed by atoms with Gasteiger partial charge >= 0.3 is 0 Å². The van der Waals surface area contributed by atoms with Gasteiger partial charge in [-0.3, -0.25) is 9.52 Å². The number of carbonyl (C=O) groups is 1. The van der Waals surface area contributed by atoms with Gasteiger partial charge < -0.3 is 10.1 Å². The standard InChI is InChI=1S/C21H28N2O4S/c1-13(2)18-12-19(14(3)11-20(18)27-5)15(4)22-21(24)16-7-9-17(10-8-16)23-28(6,25)26/h7-13,15,23H,1-6H3,(H,22,24)/t15-/m0/s1. The summed E-state index contributed by atoms with van der Waals surface area (Å²) in [6.45, 7) is 8.14. The van der Waals surface area contributed by atoms with Gasteiger partial charge in [-0.05, 0) is 72.9 Å². The van der Waals surface area contributed by atoms with Crippen LogP contribution in [-0.4, -0.2) is 27.7 Å². The summed E-state index contributed by atoms with van der Waals surface area (Å²) in [6.07, 6.45) is 1.08. The van der Waals surface area contributed by atoms with E-state index >= 15 is 0 Å². The summed E-state index contributed by atoms with van der Waals surface area (Å²) < 4.78 is 30.4. The molecule has 0 saturated carbocycles. The monoisotopic (exact) mass is 404 g/mol. The number of nitrogens with one attached hydrogen (secondary N) is 2. The number of hydrogen-bond donors (Lipinski definition) is 2. The van der Waals surface area contributed by atoms with E-state index in [4.69, 9.17) is 4.74 Å². The second-order valence-electron chi connectivity index (χ2n) is 7.25. The van der Waals surface area contributed by atoms with Crippen LogP contribution >= 0.6 is 0 Å². The molecule has 2 rings (SSSR count). The van der Waals surface area contributed by atoms with Gasteiger partial charge in [0.05, 0.1) is 19.4 Å². The van der Waals surface area contributed by atoms with Crippen molar-refractivity contribution in [2.45, 2.75) is 39.7 Å². The van der Waals surface area contributed by atoms with E-state index in [1.165, 1.54) is 0 Å². The first-order chi connectivity index (χ1) is 13.0. The van der Waals surface area contributed by atoms with Crippen LogP contribution in [0.25, 0.3) is 0 Å². The molecular formula is C21H28N2O4S. The molecule has 0 radical (unpaired) electrons. The Kier molecular flexibility index (Phi) is 6.72. The third-order valence-corrected chi connectivity index (χ3v) is 5.11. The highest BCUT2D eigenvalue weighted by atomic mass is 32.2.